The number of aromatic nitrogens is 2. The highest BCUT2D eigenvalue weighted by Gasteiger charge is 2.33. The fourth-order valence-electron chi connectivity index (χ4n) is 9.53. The fourth-order valence-corrected chi connectivity index (χ4v) is 9.53. The molecule has 11 aromatic rings. The van der Waals surface area contributed by atoms with Crippen LogP contribution in [0.5, 0.6) is 0 Å². The number of para-hydroxylation sites is 4. The number of furan rings is 2. The number of benzene rings is 7. The van der Waals surface area contributed by atoms with Crippen molar-refractivity contribution in [1.29, 1.82) is 10.5 Å². The zero-order valence-corrected chi connectivity index (χ0v) is 31.3. The molecule has 4 aromatic heterocycles. The van der Waals surface area contributed by atoms with Crippen molar-refractivity contribution in [3.8, 4) is 23.5 Å². The Morgan fingerprint density at radius 1 is 0.429 bits per heavy atom. The van der Waals surface area contributed by atoms with Gasteiger partial charge >= 0.3 is 0 Å². The minimum absolute atomic E-state index is 0.0994. The molecule has 0 radical (unpaired) electrons. The first-order valence-electron chi connectivity index (χ1n) is 19.1. The van der Waals surface area contributed by atoms with Crippen LogP contribution in [0.25, 0.3) is 98.9 Å². The summed E-state index contributed by atoms with van der Waals surface area (Å²) in [6, 6.07) is 47.0. The second-order valence-electron chi connectivity index (χ2n) is 15.4. The van der Waals surface area contributed by atoms with Crippen LogP contribution in [-0.2, 0) is 0 Å². The normalized spacial score (nSPS) is 12.2. The quantitative estimate of drug-likeness (QED) is 0.181. The van der Waals surface area contributed by atoms with Crippen LogP contribution in [-0.4, -0.2) is 9.13 Å². The highest BCUT2D eigenvalue weighted by Crippen LogP contribution is 2.48. The molecule has 56 heavy (non-hydrogen) atoms. The van der Waals surface area contributed by atoms with Crippen molar-refractivity contribution < 1.29 is 8.83 Å². The van der Waals surface area contributed by atoms with Crippen LogP contribution in [0, 0.1) is 22.7 Å². The number of hydrogen-bond acceptors (Lipinski definition) is 4. The van der Waals surface area contributed by atoms with Crippen LogP contribution in [0.2, 0.25) is 0 Å². The minimum atomic E-state index is -0.136. The van der Waals surface area contributed by atoms with Gasteiger partial charge in [-0.15, -0.1) is 0 Å². The standard InChI is InChI=1S/C50H34N4O2/c1-27(2)43-35(25-51)47(53-37-17-9-5-15-33(37)45-39(53)23-21-31-29-13-7-11-19-41(29)55-49(31)45)44(28(3)4)48(36(43)26-52)54-38-18-10-6-16-34(38)46-40(54)24-22-32-30-14-8-12-20-42(30)56-50(32)46/h5-24,27-28H,1-4H3. The van der Waals surface area contributed by atoms with Crippen LogP contribution in [0.1, 0.15) is 61.8 Å². The molecule has 0 N–H and O–H groups in total. The van der Waals surface area contributed by atoms with Crippen molar-refractivity contribution in [3.63, 3.8) is 0 Å². The maximum atomic E-state index is 11.3. The van der Waals surface area contributed by atoms with Gasteiger partial charge in [0.05, 0.1) is 55.3 Å². The predicted octanol–water partition coefficient (Wildman–Crippen LogP) is 13.7. The summed E-state index contributed by atoms with van der Waals surface area (Å²) in [5, 5.41) is 30.9. The van der Waals surface area contributed by atoms with Gasteiger partial charge in [0.15, 0.2) is 0 Å². The summed E-state index contributed by atoms with van der Waals surface area (Å²) in [4.78, 5) is 0. The van der Waals surface area contributed by atoms with Gasteiger partial charge in [-0.3, -0.25) is 0 Å². The van der Waals surface area contributed by atoms with Crippen molar-refractivity contribution in [2.24, 2.45) is 0 Å². The molecule has 0 amide bonds. The Morgan fingerprint density at radius 3 is 1.23 bits per heavy atom. The fraction of sp³-hybridized carbons (Fsp3) is 0.120. The Kier molecular flexibility index (Phi) is 6.67. The summed E-state index contributed by atoms with van der Waals surface area (Å²) >= 11 is 0. The molecular formula is C50H34N4O2. The zero-order chi connectivity index (χ0) is 38.0. The van der Waals surface area contributed by atoms with E-state index in [1.807, 2.05) is 48.5 Å². The van der Waals surface area contributed by atoms with Crippen LogP contribution in [0.3, 0.4) is 0 Å². The van der Waals surface area contributed by atoms with Gasteiger partial charge in [0.2, 0.25) is 0 Å². The summed E-state index contributed by atoms with van der Waals surface area (Å²) in [6.07, 6.45) is 0. The third-order valence-electron chi connectivity index (χ3n) is 11.7. The van der Waals surface area contributed by atoms with Gasteiger partial charge < -0.3 is 18.0 Å². The molecule has 4 heterocycles. The van der Waals surface area contributed by atoms with E-state index in [-0.39, 0.29) is 11.8 Å². The summed E-state index contributed by atoms with van der Waals surface area (Å²) in [7, 11) is 0. The van der Waals surface area contributed by atoms with E-state index in [4.69, 9.17) is 8.83 Å². The number of nitrogens with zero attached hydrogens (tertiary/aromatic N) is 4. The molecular weight excluding hydrogens is 689 g/mol. The second-order valence-corrected chi connectivity index (χ2v) is 15.4. The van der Waals surface area contributed by atoms with E-state index in [9.17, 15) is 10.5 Å². The number of hydrogen-bond donors (Lipinski definition) is 0. The lowest BCUT2D eigenvalue weighted by molar-refractivity contribution is 0.672. The van der Waals surface area contributed by atoms with E-state index in [0.29, 0.717) is 11.1 Å². The van der Waals surface area contributed by atoms with E-state index in [2.05, 4.69) is 122 Å². The SMILES string of the molecule is CC(C)c1c(C#N)c(-n2c3ccccc3c3c4oc5ccccc5c4ccc32)c(C(C)C)c(-n2c3ccccc3c3c4oc5ccccc5c4ccc32)c1C#N. The van der Waals surface area contributed by atoms with E-state index < -0.39 is 0 Å². The lowest BCUT2D eigenvalue weighted by Gasteiger charge is -2.27. The average Bonchev–Trinajstić information content (AvgIpc) is 3.97. The molecule has 6 nitrogen and oxygen atoms in total. The van der Waals surface area contributed by atoms with E-state index in [1.54, 1.807) is 0 Å². The van der Waals surface area contributed by atoms with Gasteiger partial charge in [0, 0.05) is 37.9 Å². The Balaban J connectivity index is 1.37. The Hall–Kier alpha value is -7.28. The third-order valence-corrected chi connectivity index (χ3v) is 11.7. The molecule has 0 spiro atoms. The van der Waals surface area contributed by atoms with Crippen LogP contribution < -0.4 is 0 Å². The van der Waals surface area contributed by atoms with Crippen molar-refractivity contribution in [2.45, 2.75) is 39.5 Å². The molecule has 0 atom stereocenters. The number of fused-ring (bicyclic) bond motifs is 14. The van der Waals surface area contributed by atoms with Crippen LogP contribution in [0.4, 0.5) is 0 Å². The monoisotopic (exact) mass is 722 g/mol. The lowest BCUT2D eigenvalue weighted by Crippen LogP contribution is -2.16. The molecule has 0 saturated carbocycles. The molecule has 0 aliphatic heterocycles. The maximum Gasteiger partial charge on any atom is 0.145 e. The van der Waals surface area contributed by atoms with Crippen LogP contribution in [0.15, 0.2) is 130 Å². The smallest absolute Gasteiger partial charge is 0.145 e. The molecule has 0 aliphatic rings. The summed E-state index contributed by atoms with van der Waals surface area (Å²) < 4.78 is 17.8. The molecule has 266 valence electrons. The zero-order valence-electron chi connectivity index (χ0n) is 31.3. The van der Waals surface area contributed by atoms with Gasteiger partial charge in [0.1, 0.15) is 34.5 Å². The highest BCUT2D eigenvalue weighted by molar-refractivity contribution is 6.25. The van der Waals surface area contributed by atoms with Gasteiger partial charge in [-0.25, -0.2) is 0 Å². The highest BCUT2D eigenvalue weighted by atomic mass is 16.3. The predicted molar refractivity (Wildman–Crippen MR) is 227 cm³/mol. The molecule has 0 fully saturated rings. The molecule has 0 aliphatic carbocycles. The van der Waals surface area contributed by atoms with Gasteiger partial charge in [0.25, 0.3) is 0 Å². The first kappa shape index (κ1) is 32.2. The number of nitriles is 2. The third kappa shape index (κ3) is 4.08. The van der Waals surface area contributed by atoms with E-state index >= 15 is 0 Å². The maximum absolute atomic E-state index is 11.3. The molecule has 11 rings (SSSR count). The van der Waals surface area contributed by atoms with Gasteiger partial charge in [-0.1, -0.05) is 100 Å². The summed E-state index contributed by atoms with van der Waals surface area (Å²) in [6.45, 7) is 8.48. The average molecular weight is 723 g/mol. The molecule has 6 heteroatoms. The van der Waals surface area contributed by atoms with Crippen molar-refractivity contribution in [1.82, 2.24) is 9.13 Å². The Labute approximate surface area is 321 Å². The minimum Gasteiger partial charge on any atom is -0.455 e. The molecule has 0 unspecified atom stereocenters. The topological polar surface area (TPSA) is 83.7 Å². The van der Waals surface area contributed by atoms with Crippen LogP contribution >= 0.6 is 0 Å². The first-order chi connectivity index (χ1) is 27.4. The van der Waals surface area contributed by atoms with Gasteiger partial charge in [-0.2, -0.15) is 10.5 Å². The molecule has 7 aromatic carbocycles. The molecule has 0 bridgehead atoms. The van der Waals surface area contributed by atoms with Crippen molar-refractivity contribution >= 4 is 87.5 Å². The number of rotatable bonds is 4. The Morgan fingerprint density at radius 2 is 0.821 bits per heavy atom. The van der Waals surface area contributed by atoms with Gasteiger partial charge in [-0.05, 0) is 65.9 Å². The van der Waals surface area contributed by atoms with E-state index in [1.165, 1.54) is 0 Å². The van der Waals surface area contributed by atoms with Crippen molar-refractivity contribution in [2.75, 3.05) is 0 Å². The second kappa shape index (κ2) is 11.6. The lowest BCUT2D eigenvalue weighted by atomic mass is 9.84. The van der Waals surface area contributed by atoms with Crippen molar-refractivity contribution in [3.05, 3.63) is 144 Å². The molecule has 0 saturated heterocycles. The first-order valence-corrected chi connectivity index (χ1v) is 19.1. The Bertz CT molecular complexity index is 3350. The summed E-state index contributed by atoms with van der Waals surface area (Å²) in [5.74, 6) is -0.235. The summed E-state index contributed by atoms with van der Waals surface area (Å²) in [5.41, 5.74) is 11.4. The largest absolute Gasteiger partial charge is 0.455 e. The van der Waals surface area contributed by atoms with E-state index in [0.717, 1.165) is 110 Å².